The number of hydrogen-bond donors (Lipinski definition) is 0. The molecule has 4 aromatic rings. The van der Waals surface area contributed by atoms with Crippen molar-refractivity contribution in [2.24, 2.45) is 0 Å². The minimum Gasteiger partial charge on any atom is -0.142 e. The van der Waals surface area contributed by atoms with E-state index in [-0.39, 0.29) is 0 Å². The molecule has 0 fully saturated rings. The number of thiophene rings is 2. The van der Waals surface area contributed by atoms with Crippen LogP contribution in [0.25, 0.3) is 32.0 Å². The Balaban J connectivity index is 1.79. The summed E-state index contributed by atoms with van der Waals surface area (Å²) >= 11 is 7.26. The second kappa shape index (κ2) is 6.44. The average molecular weight is 397 g/mol. The molecule has 0 spiro atoms. The standard InChI is InChI=1S/C20H13BrS2/c21-19-12-17(15-9-5-2-6-10-15)20(23-19)18-11-16(13-22-18)14-7-3-1-4-8-14/h1-13H. The monoisotopic (exact) mass is 396 g/mol. The van der Waals surface area contributed by atoms with Crippen molar-refractivity contribution in [3.63, 3.8) is 0 Å². The molecule has 23 heavy (non-hydrogen) atoms. The highest BCUT2D eigenvalue weighted by molar-refractivity contribution is 9.11. The first-order valence-electron chi connectivity index (χ1n) is 7.30. The van der Waals surface area contributed by atoms with Gasteiger partial charge in [0, 0.05) is 10.4 Å². The summed E-state index contributed by atoms with van der Waals surface area (Å²) in [6.45, 7) is 0. The molecule has 0 atom stereocenters. The number of halogens is 1. The number of hydrogen-bond acceptors (Lipinski definition) is 2. The van der Waals surface area contributed by atoms with Gasteiger partial charge in [0.2, 0.25) is 0 Å². The molecule has 0 saturated carbocycles. The Labute approximate surface area is 152 Å². The first kappa shape index (κ1) is 14.9. The van der Waals surface area contributed by atoms with Gasteiger partial charge in [-0.3, -0.25) is 0 Å². The van der Waals surface area contributed by atoms with E-state index in [0.29, 0.717) is 0 Å². The summed E-state index contributed by atoms with van der Waals surface area (Å²) in [6.07, 6.45) is 0. The first-order chi connectivity index (χ1) is 11.3. The SMILES string of the molecule is Brc1cc(-c2ccccc2)c(-c2cc(-c3ccccc3)cs2)s1. The van der Waals surface area contributed by atoms with Gasteiger partial charge in [-0.1, -0.05) is 60.7 Å². The van der Waals surface area contributed by atoms with Crippen LogP contribution in [0.5, 0.6) is 0 Å². The fourth-order valence-electron chi connectivity index (χ4n) is 2.61. The van der Waals surface area contributed by atoms with E-state index in [2.05, 4.69) is 94.1 Å². The molecule has 0 N–H and O–H groups in total. The van der Waals surface area contributed by atoms with Crippen LogP contribution in [0.2, 0.25) is 0 Å². The summed E-state index contributed by atoms with van der Waals surface area (Å²) in [5, 5.41) is 2.24. The minimum atomic E-state index is 1.17. The van der Waals surface area contributed by atoms with Gasteiger partial charge >= 0.3 is 0 Å². The van der Waals surface area contributed by atoms with Gasteiger partial charge in [0.1, 0.15) is 0 Å². The Morgan fingerprint density at radius 3 is 2.04 bits per heavy atom. The second-order valence-electron chi connectivity index (χ2n) is 5.22. The molecule has 0 aliphatic heterocycles. The Morgan fingerprint density at radius 2 is 1.35 bits per heavy atom. The normalized spacial score (nSPS) is 10.8. The molecule has 2 heterocycles. The van der Waals surface area contributed by atoms with Gasteiger partial charge in [-0.25, -0.2) is 0 Å². The van der Waals surface area contributed by atoms with Crippen molar-refractivity contribution in [3.05, 3.63) is 82.0 Å². The molecule has 0 amide bonds. The van der Waals surface area contributed by atoms with Crippen molar-refractivity contribution >= 4 is 38.6 Å². The Hall–Kier alpha value is -1.68. The molecule has 2 aromatic heterocycles. The van der Waals surface area contributed by atoms with E-state index >= 15 is 0 Å². The van der Waals surface area contributed by atoms with E-state index in [1.807, 2.05) is 11.3 Å². The predicted molar refractivity (Wildman–Crippen MR) is 106 cm³/mol. The summed E-state index contributed by atoms with van der Waals surface area (Å²) < 4.78 is 1.17. The molecule has 0 radical (unpaired) electrons. The largest absolute Gasteiger partial charge is 0.142 e. The molecule has 0 unspecified atom stereocenters. The zero-order valence-electron chi connectivity index (χ0n) is 12.2. The van der Waals surface area contributed by atoms with Crippen molar-refractivity contribution in [3.8, 4) is 32.0 Å². The van der Waals surface area contributed by atoms with E-state index in [4.69, 9.17) is 0 Å². The van der Waals surface area contributed by atoms with Crippen LogP contribution >= 0.6 is 38.6 Å². The van der Waals surface area contributed by atoms with Crippen LogP contribution in [0, 0.1) is 0 Å². The van der Waals surface area contributed by atoms with Crippen LogP contribution in [-0.4, -0.2) is 0 Å². The molecule has 2 aromatic carbocycles. The Kier molecular flexibility index (Phi) is 4.17. The summed E-state index contributed by atoms with van der Waals surface area (Å²) in [5.41, 5.74) is 5.11. The molecule has 0 saturated heterocycles. The molecular formula is C20H13BrS2. The summed E-state index contributed by atoms with van der Waals surface area (Å²) in [6, 6.07) is 25.7. The van der Waals surface area contributed by atoms with Crippen LogP contribution in [0.1, 0.15) is 0 Å². The fraction of sp³-hybridized carbons (Fsp3) is 0. The van der Waals surface area contributed by atoms with Gasteiger partial charge in [-0.15, -0.1) is 22.7 Å². The molecule has 0 aliphatic rings. The third kappa shape index (κ3) is 3.05. The highest BCUT2D eigenvalue weighted by Crippen LogP contribution is 2.44. The maximum atomic E-state index is 3.65. The van der Waals surface area contributed by atoms with E-state index in [1.54, 1.807) is 11.3 Å². The number of benzene rings is 2. The zero-order valence-corrected chi connectivity index (χ0v) is 15.4. The van der Waals surface area contributed by atoms with Crippen LogP contribution < -0.4 is 0 Å². The second-order valence-corrected chi connectivity index (χ2v) is 8.57. The zero-order chi connectivity index (χ0) is 15.6. The molecule has 4 rings (SSSR count). The first-order valence-corrected chi connectivity index (χ1v) is 9.79. The van der Waals surface area contributed by atoms with Gasteiger partial charge in [-0.2, -0.15) is 0 Å². The smallest absolute Gasteiger partial charge is 0.0711 e. The van der Waals surface area contributed by atoms with Crippen molar-refractivity contribution < 1.29 is 0 Å². The summed E-state index contributed by atoms with van der Waals surface area (Å²) in [5.74, 6) is 0. The van der Waals surface area contributed by atoms with Gasteiger partial charge < -0.3 is 0 Å². The van der Waals surface area contributed by atoms with E-state index in [0.717, 1.165) is 0 Å². The Bertz CT molecular complexity index is 921. The minimum absolute atomic E-state index is 1.17. The lowest BCUT2D eigenvalue weighted by molar-refractivity contribution is 1.66. The molecule has 0 nitrogen and oxygen atoms in total. The lowest BCUT2D eigenvalue weighted by Crippen LogP contribution is -1.76. The third-order valence-corrected chi connectivity index (χ3v) is 6.47. The lowest BCUT2D eigenvalue weighted by Gasteiger charge is -2.01. The highest BCUT2D eigenvalue weighted by atomic mass is 79.9. The van der Waals surface area contributed by atoms with Gasteiger partial charge in [0.15, 0.2) is 0 Å². The number of rotatable bonds is 3. The molecule has 3 heteroatoms. The van der Waals surface area contributed by atoms with Crippen molar-refractivity contribution in [1.82, 2.24) is 0 Å². The van der Waals surface area contributed by atoms with E-state index in [1.165, 1.54) is 35.8 Å². The fourth-order valence-corrected chi connectivity index (χ4v) is 5.29. The van der Waals surface area contributed by atoms with Gasteiger partial charge in [0.25, 0.3) is 0 Å². The molecule has 0 aliphatic carbocycles. The van der Waals surface area contributed by atoms with Gasteiger partial charge in [-0.05, 0) is 50.1 Å². The lowest BCUT2D eigenvalue weighted by atomic mass is 10.1. The maximum Gasteiger partial charge on any atom is 0.0711 e. The van der Waals surface area contributed by atoms with Crippen molar-refractivity contribution in [2.75, 3.05) is 0 Å². The Morgan fingerprint density at radius 1 is 0.696 bits per heavy atom. The average Bonchev–Trinajstić information content (AvgIpc) is 3.23. The van der Waals surface area contributed by atoms with Crippen LogP contribution in [0.3, 0.4) is 0 Å². The van der Waals surface area contributed by atoms with Crippen LogP contribution in [-0.2, 0) is 0 Å². The molecule has 112 valence electrons. The summed E-state index contributed by atoms with van der Waals surface area (Å²) in [7, 11) is 0. The van der Waals surface area contributed by atoms with Crippen molar-refractivity contribution in [2.45, 2.75) is 0 Å². The third-order valence-electron chi connectivity index (χ3n) is 3.72. The summed E-state index contributed by atoms with van der Waals surface area (Å²) in [4.78, 5) is 2.65. The molecular weight excluding hydrogens is 384 g/mol. The maximum absolute atomic E-state index is 3.65. The van der Waals surface area contributed by atoms with Crippen LogP contribution in [0.4, 0.5) is 0 Å². The topological polar surface area (TPSA) is 0 Å². The van der Waals surface area contributed by atoms with E-state index < -0.39 is 0 Å². The van der Waals surface area contributed by atoms with Gasteiger partial charge in [0.05, 0.1) is 8.66 Å². The quantitative estimate of drug-likeness (QED) is 0.334. The molecule has 0 bridgehead atoms. The highest BCUT2D eigenvalue weighted by Gasteiger charge is 2.14. The van der Waals surface area contributed by atoms with E-state index in [9.17, 15) is 0 Å². The van der Waals surface area contributed by atoms with Crippen LogP contribution in [0.15, 0.2) is 82.0 Å². The predicted octanol–water partition coefficient (Wildman–Crippen LogP) is 7.57. The van der Waals surface area contributed by atoms with Crippen molar-refractivity contribution in [1.29, 1.82) is 0 Å².